The van der Waals surface area contributed by atoms with E-state index in [2.05, 4.69) is 32.0 Å². The van der Waals surface area contributed by atoms with Crippen molar-refractivity contribution in [2.45, 2.75) is 52.4 Å². The molecule has 0 N–H and O–H groups in total. The van der Waals surface area contributed by atoms with Gasteiger partial charge >= 0.3 is 14.3 Å². The Labute approximate surface area is 233 Å². The van der Waals surface area contributed by atoms with Crippen molar-refractivity contribution in [2.75, 3.05) is 7.11 Å². The first-order valence-corrected chi connectivity index (χ1v) is 14.9. The third-order valence-corrected chi connectivity index (χ3v) is 8.03. The van der Waals surface area contributed by atoms with Gasteiger partial charge in [-0.25, -0.2) is 4.79 Å². The average Bonchev–Trinajstić information content (AvgIpc) is 2.99. The number of rotatable bonds is 13. The van der Waals surface area contributed by atoms with E-state index in [0.29, 0.717) is 11.3 Å². The molecule has 39 heavy (non-hydrogen) atoms. The summed E-state index contributed by atoms with van der Waals surface area (Å²) >= 11 is 0. The molecule has 0 fully saturated rings. The Bertz CT molecular complexity index is 1350. The van der Waals surface area contributed by atoms with E-state index in [4.69, 9.17) is 13.8 Å². The first-order chi connectivity index (χ1) is 19.1. The summed E-state index contributed by atoms with van der Waals surface area (Å²) in [5.41, 5.74) is 4.64. The Morgan fingerprint density at radius 3 is 2.08 bits per heavy atom. The van der Waals surface area contributed by atoms with Gasteiger partial charge in [-0.15, -0.1) is 0 Å². The van der Waals surface area contributed by atoms with E-state index in [0.717, 1.165) is 47.9 Å². The zero-order valence-corrected chi connectivity index (χ0v) is 24.0. The summed E-state index contributed by atoms with van der Waals surface area (Å²) in [5, 5.41) is 0.972. The number of aryl methyl sites for hydroxylation is 2. The SMILES string of the molecule is CCCCc1ccc(OP(Oc2ccccc2-c2ccccc2C(=O)OC)c2ccccc2)c(CCCC)c1. The molecule has 0 spiro atoms. The Morgan fingerprint density at radius 1 is 0.692 bits per heavy atom. The summed E-state index contributed by atoms with van der Waals surface area (Å²) in [6, 6.07) is 31.9. The van der Waals surface area contributed by atoms with Crippen molar-refractivity contribution < 1.29 is 18.6 Å². The van der Waals surface area contributed by atoms with Gasteiger partial charge in [0.1, 0.15) is 11.5 Å². The van der Waals surface area contributed by atoms with Crippen molar-refractivity contribution in [3.05, 3.63) is 114 Å². The van der Waals surface area contributed by atoms with E-state index in [1.54, 1.807) is 6.07 Å². The molecule has 4 nitrogen and oxygen atoms in total. The fourth-order valence-electron chi connectivity index (χ4n) is 4.45. The fraction of sp³-hybridized carbons (Fsp3) is 0.265. The largest absolute Gasteiger partial charge is 0.465 e. The number of carbonyl (C=O) groups excluding carboxylic acids is 1. The van der Waals surface area contributed by atoms with Crippen molar-refractivity contribution in [3.8, 4) is 22.6 Å². The summed E-state index contributed by atoms with van der Waals surface area (Å²) in [7, 11) is -0.115. The maximum atomic E-state index is 12.5. The normalized spacial score (nSPS) is 11.6. The minimum Gasteiger partial charge on any atom is -0.465 e. The maximum absolute atomic E-state index is 12.5. The number of hydrogen-bond acceptors (Lipinski definition) is 4. The van der Waals surface area contributed by atoms with Gasteiger partial charge in [-0.1, -0.05) is 93.4 Å². The van der Waals surface area contributed by atoms with E-state index < -0.39 is 8.38 Å². The summed E-state index contributed by atoms with van der Waals surface area (Å²) in [6.07, 6.45) is 6.62. The van der Waals surface area contributed by atoms with Gasteiger partial charge in [-0.05, 0) is 72.7 Å². The molecule has 4 aromatic rings. The lowest BCUT2D eigenvalue weighted by molar-refractivity contribution is 0.0601. The fourth-order valence-corrected chi connectivity index (χ4v) is 5.81. The molecule has 5 heteroatoms. The molecule has 0 saturated carbocycles. The highest BCUT2D eigenvalue weighted by Crippen LogP contribution is 2.44. The molecule has 4 aromatic carbocycles. The van der Waals surface area contributed by atoms with Gasteiger partial charge in [-0.3, -0.25) is 0 Å². The van der Waals surface area contributed by atoms with E-state index in [9.17, 15) is 4.79 Å². The predicted molar refractivity (Wildman–Crippen MR) is 161 cm³/mol. The standard InChI is InChI=1S/C34H37O4P/c1-4-6-15-26-23-24-32(27(25-26)16-7-5-2)37-39(28-17-9-8-10-18-28)38-33-22-14-13-20-30(33)29-19-11-12-21-31(29)34(35)36-3/h8-14,17-25H,4-7,15-16H2,1-3H3. The highest BCUT2D eigenvalue weighted by atomic mass is 31.2. The Kier molecular flexibility index (Phi) is 10.6. The smallest absolute Gasteiger partial charge is 0.338 e. The molecule has 0 aromatic heterocycles. The van der Waals surface area contributed by atoms with Gasteiger partial charge in [0.15, 0.2) is 0 Å². The van der Waals surface area contributed by atoms with E-state index in [1.807, 2.05) is 72.8 Å². The van der Waals surface area contributed by atoms with E-state index in [1.165, 1.54) is 31.1 Å². The zero-order chi connectivity index (χ0) is 27.5. The van der Waals surface area contributed by atoms with Crippen molar-refractivity contribution in [2.24, 2.45) is 0 Å². The third kappa shape index (κ3) is 7.49. The second-order valence-electron chi connectivity index (χ2n) is 9.46. The highest BCUT2D eigenvalue weighted by molar-refractivity contribution is 7.56. The highest BCUT2D eigenvalue weighted by Gasteiger charge is 2.23. The summed E-state index contributed by atoms with van der Waals surface area (Å²) in [6.45, 7) is 4.44. The summed E-state index contributed by atoms with van der Waals surface area (Å²) in [4.78, 5) is 12.5. The number of hydrogen-bond donors (Lipinski definition) is 0. The second-order valence-corrected chi connectivity index (χ2v) is 10.9. The van der Waals surface area contributed by atoms with E-state index >= 15 is 0 Å². The van der Waals surface area contributed by atoms with Crippen LogP contribution in [0.1, 0.15) is 61.0 Å². The van der Waals surface area contributed by atoms with Crippen molar-refractivity contribution in [3.63, 3.8) is 0 Å². The number of methoxy groups -OCH3 is 1. The van der Waals surface area contributed by atoms with Gasteiger partial charge in [-0.2, -0.15) is 0 Å². The number of carbonyl (C=O) groups is 1. The Hall–Kier alpha value is -3.62. The third-order valence-electron chi connectivity index (χ3n) is 6.58. The van der Waals surface area contributed by atoms with Gasteiger partial charge in [0.05, 0.1) is 18.0 Å². The molecule has 0 aliphatic rings. The molecular weight excluding hydrogens is 503 g/mol. The van der Waals surface area contributed by atoms with Crippen LogP contribution in [0.3, 0.4) is 0 Å². The lowest BCUT2D eigenvalue weighted by Crippen LogP contribution is -2.11. The van der Waals surface area contributed by atoms with Gasteiger partial charge in [0.25, 0.3) is 0 Å². The first-order valence-electron chi connectivity index (χ1n) is 13.7. The van der Waals surface area contributed by atoms with Crippen molar-refractivity contribution in [1.82, 2.24) is 0 Å². The first kappa shape index (κ1) is 28.4. The molecule has 0 amide bonds. The number of benzene rings is 4. The Morgan fingerprint density at radius 2 is 1.33 bits per heavy atom. The van der Waals surface area contributed by atoms with Gasteiger partial charge in [0, 0.05) is 5.56 Å². The Balaban J connectivity index is 1.72. The van der Waals surface area contributed by atoms with Crippen LogP contribution in [0.5, 0.6) is 11.5 Å². The summed E-state index contributed by atoms with van der Waals surface area (Å²) < 4.78 is 18.5. The van der Waals surface area contributed by atoms with Crippen LogP contribution in [0.2, 0.25) is 0 Å². The van der Waals surface area contributed by atoms with Crippen molar-refractivity contribution in [1.29, 1.82) is 0 Å². The van der Waals surface area contributed by atoms with Gasteiger partial charge < -0.3 is 13.8 Å². The monoisotopic (exact) mass is 540 g/mol. The quantitative estimate of drug-likeness (QED) is 0.125. The lowest BCUT2D eigenvalue weighted by atomic mass is 9.99. The molecule has 1 unspecified atom stereocenters. The zero-order valence-electron chi connectivity index (χ0n) is 23.1. The van der Waals surface area contributed by atoms with Crippen LogP contribution in [0.4, 0.5) is 0 Å². The van der Waals surface area contributed by atoms with Crippen LogP contribution in [0.15, 0.2) is 97.1 Å². The molecule has 0 aliphatic carbocycles. The van der Waals surface area contributed by atoms with E-state index in [-0.39, 0.29) is 5.97 Å². The van der Waals surface area contributed by atoms with Crippen LogP contribution in [0, 0.1) is 0 Å². The van der Waals surface area contributed by atoms with Crippen LogP contribution in [-0.4, -0.2) is 13.1 Å². The summed E-state index contributed by atoms with van der Waals surface area (Å²) in [5.74, 6) is 1.13. The minimum absolute atomic E-state index is 0.384. The topological polar surface area (TPSA) is 44.8 Å². The minimum atomic E-state index is -1.51. The van der Waals surface area contributed by atoms with Crippen LogP contribution < -0.4 is 14.4 Å². The molecule has 0 heterocycles. The molecule has 202 valence electrons. The van der Waals surface area contributed by atoms with Crippen LogP contribution >= 0.6 is 8.38 Å². The lowest BCUT2D eigenvalue weighted by Gasteiger charge is -2.23. The molecule has 1 atom stereocenters. The molecule has 0 bridgehead atoms. The number of para-hydroxylation sites is 1. The average molecular weight is 541 g/mol. The molecule has 4 rings (SSSR count). The molecule has 0 saturated heterocycles. The number of ether oxygens (including phenoxy) is 1. The predicted octanol–water partition coefficient (Wildman–Crippen LogP) is 8.92. The van der Waals surface area contributed by atoms with Crippen LogP contribution in [0.25, 0.3) is 11.1 Å². The maximum Gasteiger partial charge on any atom is 0.338 e. The van der Waals surface area contributed by atoms with Crippen molar-refractivity contribution >= 4 is 19.6 Å². The number of esters is 1. The molecule has 0 aliphatic heterocycles. The molecular formula is C34H37O4P. The molecule has 0 radical (unpaired) electrons. The van der Waals surface area contributed by atoms with Gasteiger partial charge in [0.2, 0.25) is 0 Å². The number of unbranched alkanes of at least 4 members (excludes halogenated alkanes) is 2. The van der Waals surface area contributed by atoms with Crippen LogP contribution in [-0.2, 0) is 17.6 Å². The second kappa shape index (κ2) is 14.5.